The lowest BCUT2D eigenvalue weighted by atomic mass is 9.99. The summed E-state index contributed by atoms with van der Waals surface area (Å²) in [5.41, 5.74) is 3.99. The lowest BCUT2D eigenvalue weighted by Crippen LogP contribution is -2.05. The van der Waals surface area contributed by atoms with Crippen LogP contribution in [0.2, 0.25) is 0 Å². The van der Waals surface area contributed by atoms with Gasteiger partial charge in [0.1, 0.15) is 40.3 Å². The van der Waals surface area contributed by atoms with Crippen molar-refractivity contribution in [1.82, 2.24) is 15.0 Å². The first-order valence-electron chi connectivity index (χ1n) is 20.0. The van der Waals surface area contributed by atoms with E-state index in [1.54, 1.807) is 42.5 Å². The number of methoxy groups -OCH3 is 1. The second-order valence-corrected chi connectivity index (χ2v) is 14.8. The van der Waals surface area contributed by atoms with Crippen molar-refractivity contribution >= 4 is 50.6 Å². The Labute approximate surface area is 370 Å². The third-order valence-corrected chi connectivity index (χ3v) is 10.6. The molecule has 6 N–H and O–H groups in total. The Kier molecular flexibility index (Phi) is 13.1. The standard InChI is InChI=1S/C18H16FNO2.C16H9F4NO2.C16H12FNO3/c1-2-4-12-5-3-6-14-15(11-7-9-13(19)10-8-11)17(18(21)22)20-16(12)14;17-9-6-4-8(5-7-9)12-10-2-1-3-11(16(18,19)20)13(10)21-14(12)15(22)23;1-21-12-4-2-3-11-13(9-5-7-10(17)8-6-9)15(16(19)20)18-14(11)12/h3,5-10,20H,2,4H2,1H3,(H,21,22);1-7,21H,(H,22,23);2-8,18H,1H3,(H,19,20). The van der Waals surface area contributed by atoms with Crippen molar-refractivity contribution in [3.8, 4) is 39.1 Å². The molecule has 9 rings (SSSR count). The Morgan fingerprint density at radius 3 is 1.27 bits per heavy atom. The van der Waals surface area contributed by atoms with Gasteiger partial charge in [-0.15, -0.1) is 0 Å². The van der Waals surface area contributed by atoms with Gasteiger partial charge in [0.05, 0.1) is 23.7 Å². The van der Waals surface area contributed by atoms with Gasteiger partial charge in [-0.1, -0.05) is 92.2 Å². The van der Waals surface area contributed by atoms with Gasteiger partial charge < -0.3 is 35.0 Å². The molecule has 0 saturated carbocycles. The molecule has 0 amide bonds. The highest BCUT2D eigenvalue weighted by Crippen LogP contribution is 2.41. The molecule has 0 aliphatic carbocycles. The number of rotatable bonds is 9. The molecule has 0 aliphatic rings. The molecule has 16 heteroatoms. The van der Waals surface area contributed by atoms with E-state index in [0.717, 1.165) is 52.9 Å². The van der Waals surface area contributed by atoms with Crippen LogP contribution in [0, 0.1) is 17.5 Å². The van der Waals surface area contributed by atoms with Gasteiger partial charge in [0.25, 0.3) is 0 Å². The minimum Gasteiger partial charge on any atom is -0.495 e. The Hall–Kier alpha value is -8.27. The molecule has 336 valence electrons. The van der Waals surface area contributed by atoms with Crippen LogP contribution in [0.4, 0.5) is 26.3 Å². The van der Waals surface area contributed by atoms with E-state index in [9.17, 15) is 56.0 Å². The lowest BCUT2D eigenvalue weighted by molar-refractivity contribution is -0.136. The monoisotopic (exact) mass is 905 g/mol. The molecule has 0 atom stereocenters. The fourth-order valence-electron chi connectivity index (χ4n) is 7.80. The average molecular weight is 906 g/mol. The zero-order valence-electron chi connectivity index (χ0n) is 34.8. The Balaban J connectivity index is 0.000000147. The zero-order chi connectivity index (χ0) is 47.4. The van der Waals surface area contributed by atoms with Gasteiger partial charge in [0, 0.05) is 38.4 Å². The normalized spacial score (nSPS) is 11.2. The summed E-state index contributed by atoms with van der Waals surface area (Å²) in [5, 5.41) is 29.9. The molecule has 0 bridgehead atoms. The molecule has 0 unspecified atom stereocenters. The van der Waals surface area contributed by atoms with Crippen molar-refractivity contribution < 1.29 is 60.8 Å². The molecule has 6 aromatic carbocycles. The van der Waals surface area contributed by atoms with Crippen molar-refractivity contribution in [1.29, 1.82) is 0 Å². The number of benzene rings is 6. The van der Waals surface area contributed by atoms with Crippen molar-refractivity contribution in [2.45, 2.75) is 25.9 Å². The molecule has 3 heterocycles. The minimum absolute atomic E-state index is 0.0566. The highest BCUT2D eigenvalue weighted by Gasteiger charge is 2.34. The van der Waals surface area contributed by atoms with E-state index in [1.165, 1.54) is 55.6 Å². The van der Waals surface area contributed by atoms with Crippen LogP contribution in [0.1, 0.15) is 55.9 Å². The summed E-state index contributed by atoms with van der Waals surface area (Å²) in [6.45, 7) is 2.08. The van der Waals surface area contributed by atoms with Gasteiger partial charge in [-0.3, -0.25) is 0 Å². The number of aromatic nitrogens is 3. The fraction of sp³-hybridized carbons (Fsp3) is 0.100. The molecule has 0 saturated heterocycles. The summed E-state index contributed by atoms with van der Waals surface area (Å²) in [7, 11) is 1.52. The van der Waals surface area contributed by atoms with Gasteiger partial charge >= 0.3 is 24.1 Å². The van der Waals surface area contributed by atoms with E-state index in [1.807, 2.05) is 18.2 Å². The maximum Gasteiger partial charge on any atom is 0.418 e. The molecular formula is C50H37F6N3O7. The van der Waals surface area contributed by atoms with Crippen LogP contribution in [-0.2, 0) is 12.6 Å². The maximum absolute atomic E-state index is 13.1. The summed E-state index contributed by atoms with van der Waals surface area (Å²) in [5.74, 6) is -4.16. The molecule has 0 aliphatic heterocycles. The number of aromatic amines is 3. The predicted octanol–water partition coefficient (Wildman–Crippen LogP) is 13.0. The van der Waals surface area contributed by atoms with Crippen molar-refractivity contribution in [2.75, 3.05) is 7.11 Å². The second kappa shape index (κ2) is 18.8. The number of hydrogen-bond acceptors (Lipinski definition) is 4. The number of alkyl halides is 3. The van der Waals surface area contributed by atoms with Crippen LogP contribution in [-0.4, -0.2) is 55.3 Å². The SMILES string of the molecule is CCCc1cccc2c(-c3ccc(F)cc3)c(C(=O)O)[nH]c12.COc1cccc2c(-c3ccc(F)cc3)c(C(=O)O)[nH]c12.O=C(O)c1[nH]c2c(C(F)(F)F)cccc2c1-c1ccc(F)cc1. The Morgan fingerprint density at radius 1 is 0.515 bits per heavy atom. The lowest BCUT2D eigenvalue weighted by Gasteiger charge is -2.07. The van der Waals surface area contributed by atoms with Crippen LogP contribution < -0.4 is 4.74 Å². The summed E-state index contributed by atoms with van der Waals surface area (Å²) in [6.07, 6.45) is -2.77. The predicted molar refractivity (Wildman–Crippen MR) is 238 cm³/mol. The topological polar surface area (TPSA) is 168 Å². The summed E-state index contributed by atoms with van der Waals surface area (Å²) in [6, 6.07) is 31.2. The van der Waals surface area contributed by atoms with Crippen LogP contribution >= 0.6 is 0 Å². The molecule has 0 spiro atoms. The van der Waals surface area contributed by atoms with Gasteiger partial charge in [-0.2, -0.15) is 13.2 Å². The van der Waals surface area contributed by atoms with E-state index < -0.39 is 35.5 Å². The van der Waals surface area contributed by atoms with Crippen LogP contribution in [0.15, 0.2) is 127 Å². The van der Waals surface area contributed by atoms with Gasteiger partial charge in [-0.05, 0) is 77.2 Å². The number of nitrogens with one attached hydrogen (secondary N) is 3. The quantitative estimate of drug-likeness (QED) is 0.0784. The van der Waals surface area contributed by atoms with Crippen molar-refractivity contribution in [3.05, 3.63) is 173 Å². The van der Waals surface area contributed by atoms with Gasteiger partial charge in [0.15, 0.2) is 0 Å². The first kappa shape index (κ1) is 45.7. The third-order valence-electron chi connectivity index (χ3n) is 10.6. The molecule has 3 aromatic heterocycles. The molecule has 0 fully saturated rings. The molecular weight excluding hydrogens is 869 g/mol. The van der Waals surface area contributed by atoms with Crippen molar-refractivity contribution in [2.24, 2.45) is 0 Å². The second-order valence-electron chi connectivity index (χ2n) is 14.8. The third kappa shape index (κ3) is 9.20. The van der Waals surface area contributed by atoms with E-state index in [4.69, 9.17) is 4.74 Å². The maximum atomic E-state index is 13.1. The van der Waals surface area contributed by atoms with Crippen LogP contribution in [0.25, 0.3) is 66.1 Å². The van der Waals surface area contributed by atoms with E-state index in [-0.39, 0.29) is 45.2 Å². The zero-order valence-corrected chi connectivity index (χ0v) is 34.8. The number of aromatic carboxylic acids is 3. The summed E-state index contributed by atoms with van der Waals surface area (Å²) in [4.78, 5) is 42.7. The van der Waals surface area contributed by atoms with Crippen LogP contribution in [0.5, 0.6) is 5.75 Å². The number of H-pyrrole nitrogens is 3. The highest BCUT2D eigenvalue weighted by atomic mass is 19.4. The first-order chi connectivity index (χ1) is 31.5. The van der Waals surface area contributed by atoms with Crippen LogP contribution in [0.3, 0.4) is 0 Å². The van der Waals surface area contributed by atoms with Gasteiger partial charge in [0.2, 0.25) is 0 Å². The largest absolute Gasteiger partial charge is 0.495 e. The molecule has 0 radical (unpaired) electrons. The number of ether oxygens (including phenoxy) is 1. The Bertz CT molecular complexity index is 3240. The number of aryl methyl sites for hydroxylation is 1. The van der Waals surface area contributed by atoms with E-state index >= 15 is 0 Å². The first-order valence-corrected chi connectivity index (χ1v) is 20.0. The van der Waals surface area contributed by atoms with E-state index in [0.29, 0.717) is 39.1 Å². The number of carboxylic acids is 3. The number of halogens is 6. The summed E-state index contributed by atoms with van der Waals surface area (Å²) >= 11 is 0. The molecule has 10 nitrogen and oxygen atoms in total. The Morgan fingerprint density at radius 2 is 0.879 bits per heavy atom. The number of carboxylic acid groups (broad SMARTS) is 3. The number of para-hydroxylation sites is 3. The smallest absolute Gasteiger partial charge is 0.418 e. The molecule has 66 heavy (non-hydrogen) atoms. The minimum atomic E-state index is -4.62. The fourth-order valence-corrected chi connectivity index (χ4v) is 7.80. The number of hydrogen-bond donors (Lipinski definition) is 6. The highest BCUT2D eigenvalue weighted by molar-refractivity contribution is 6.10. The number of fused-ring (bicyclic) bond motifs is 3. The number of carbonyl (C=O) groups is 3. The average Bonchev–Trinajstić information content (AvgIpc) is 4.01. The van der Waals surface area contributed by atoms with Gasteiger partial charge in [-0.25, -0.2) is 27.6 Å². The van der Waals surface area contributed by atoms with E-state index in [2.05, 4.69) is 21.9 Å². The van der Waals surface area contributed by atoms with Crippen molar-refractivity contribution in [3.63, 3.8) is 0 Å². The summed E-state index contributed by atoms with van der Waals surface area (Å²) < 4.78 is 83.8. The molecule has 9 aromatic rings.